The number of hydrogen-bond donors (Lipinski definition) is 1. The van der Waals surface area contributed by atoms with Gasteiger partial charge >= 0.3 is 5.97 Å². The predicted molar refractivity (Wildman–Crippen MR) is 78.2 cm³/mol. The number of piperazine rings is 1. The van der Waals surface area contributed by atoms with Gasteiger partial charge < -0.3 is 14.9 Å². The lowest BCUT2D eigenvalue weighted by Crippen LogP contribution is -2.53. The Balaban J connectivity index is 1.61. The molecule has 0 atom stereocenters. The fourth-order valence-electron chi connectivity index (χ4n) is 2.86. The Kier molecular flexibility index (Phi) is 3.79. The minimum Gasteiger partial charge on any atom is -0.480 e. The molecule has 23 heavy (non-hydrogen) atoms. The number of carbonyl (C=O) groups excluding carboxylic acids is 2. The third kappa shape index (κ3) is 2.78. The highest BCUT2D eigenvalue weighted by molar-refractivity contribution is 6.05. The molecule has 1 aromatic rings. The zero-order valence-corrected chi connectivity index (χ0v) is 12.5. The second-order valence-electron chi connectivity index (χ2n) is 5.98. The van der Waals surface area contributed by atoms with Gasteiger partial charge in [-0.15, -0.1) is 0 Å². The topological polar surface area (TPSA) is 77.9 Å². The zero-order chi connectivity index (χ0) is 16.6. The van der Waals surface area contributed by atoms with E-state index in [0.29, 0.717) is 39.0 Å². The normalized spacial score (nSPS) is 19.3. The number of hydrogen-bond acceptors (Lipinski definition) is 3. The maximum atomic E-state index is 13.2. The average molecular weight is 320 g/mol. The molecular formula is C16H17FN2O4. The monoisotopic (exact) mass is 320 g/mol. The van der Waals surface area contributed by atoms with E-state index in [9.17, 15) is 23.9 Å². The molecule has 0 spiro atoms. The molecule has 0 radical (unpaired) electrons. The van der Waals surface area contributed by atoms with Gasteiger partial charge in [-0.05, 0) is 31.0 Å². The number of carboxylic acid groups (broad SMARTS) is 1. The van der Waals surface area contributed by atoms with Crippen molar-refractivity contribution in [2.75, 3.05) is 26.2 Å². The molecule has 7 heteroatoms. The summed E-state index contributed by atoms with van der Waals surface area (Å²) in [7, 11) is 0. The molecule has 1 heterocycles. The van der Waals surface area contributed by atoms with E-state index < -0.39 is 17.2 Å². The highest BCUT2D eigenvalue weighted by atomic mass is 19.1. The number of aliphatic carboxylic acids is 1. The molecule has 2 fully saturated rings. The first-order valence-electron chi connectivity index (χ1n) is 7.52. The lowest BCUT2D eigenvalue weighted by molar-refractivity contribution is -0.154. The molecule has 0 aromatic heterocycles. The highest BCUT2D eigenvalue weighted by Crippen LogP contribution is 2.47. The lowest BCUT2D eigenvalue weighted by atomic mass is 10.1. The van der Waals surface area contributed by atoms with Crippen molar-refractivity contribution >= 4 is 17.8 Å². The minimum absolute atomic E-state index is 0.272. The summed E-state index contributed by atoms with van der Waals surface area (Å²) < 4.78 is 13.2. The van der Waals surface area contributed by atoms with E-state index in [1.165, 1.54) is 23.1 Å². The number of halogens is 1. The van der Waals surface area contributed by atoms with Crippen LogP contribution < -0.4 is 0 Å². The molecule has 0 unspecified atom stereocenters. The van der Waals surface area contributed by atoms with Crippen LogP contribution in [0, 0.1) is 11.2 Å². The van der Waals surface area contributed by atoms with Crippen molar-refractivity contribution in [3.8, 4) is 0 Å². The molecule has 0 bridgehead atoms. The maximum absolute atomic E-state index is 13.2. The number of carbonyl (C=O) groups is 3. The van der Waals surface area contributed by atoms with Crippen molar-refractivity contribution in [3.63, 3.8) is 0 Å². The Morgan fingerprint density at radius 1 is 1.04 bits per heavy atom. The van der Waals surface area contributed by atoms with Gasteiger partial charge in [0.15, 0.2) is 0 Å². The van der Waals surface area contributed by atoms with Crippen molar-refractivity contribution in [2.24, 2.45) is 5.41 Å². The number of nitrogens with zero attached hydrogens (tertiary/aromatic N) is 2. The van der Waals surface area contributed by atoms with Gasteiger partial charge in [-0.25, -0.2) is 4.39 Å². The Bertz CT molecular complexity index is 664. The Morgan fingerprint density at radius 3 is 2.17 bits per heavy atom. The standard InChI is InChI=1S/C16H17FN2O4/c17-12-3-1-2-11(10-12)13(20)18-6-8-19(9-7-18)14(21)16(4-5-16)15(22)23/h1-3,10H,4-9H2,(H,22,23). The zero-order valence-electron chi connectivity index (χ0n) is 12.5. The van der Waals surface area contributed by atoms with E-state index in [-0.39, 0.29) is 17.4 Å². The molecule has 1 N–H and O–H groups in total. The first-order chi connectivity index (χ1) is 10.9. The van der Waals surface area contributed by atoms with Crippen LogP contribution in [0.1, 0.15) is 23.2 Å². The summed E-state index contributed by atoms with van der Waals surface area (Å²) in [5.74, 6) is -2.18. The fraction of sp³-hybridized carbons (Fsp3) is 0.438. The Labute approximate surface area is 132 Å². The summed E-state index contributed by atoms with van der Waals surface area (Å²) in [4.78, 5) is 38.9. The average Bonchev–Trinajstić information content (AvgIpc) is 3.35. The summed E-state index contributed by atoms with van der Waals surface area (Å²) in [6.45, 7) is 1.23. The molecular weight excluding hydrogens is 303 g/mol. The molecule has 2 aliphatic rings. The third-order valence-corrected chi connectivity index (χ3v) is 4.49. The Hall–Kier alpha value is -2.44. The summed E-state index contributed by atoms with van der Waals surface area (Å²) in [5, 5.41) is 9.17. The van der Waals surface area contributed by atoms with Gasteiger partial charge in [0, 0.05) is 31.7 Å². The molecule has 1 aliphatic carbocycles. The summed E-state index contributed by atoms with van der Waals surface area (Å²) in [5.41, 5.74) is -0.969. The van der Waals surface area contributed by atoms with Crippen LogP contribution in [0.3, 0.4) is 0 Å². The van der Waals surface area contributed by atoms with Gasteiger partial charge in [-0.2, -0.15) is 0 Å². The smallest absolute Gasteiger partial charge is 0.319 e. The quantitative estimate of drug-likeness (QED) is 0.842. The number of benzene rings is 1. The van der Waals surface area contributed by atoms with Gasteiger partial charge in [0.25, 0.3) is 5.91 Å². The van der Waals surface area contributed by atoms with E-state index in [0.717, 1.165) is 0 Å². The molecule has 6 nitrogen and oxygen atoms in total. The minimum atomic E-state index is -1.24. The van der Waals surface area contributed by atoms with E-state index >= 15 is 0 Å². The van der Waals surface area contributed by atoms with Crippen molar-refractivity contribution in [2.45, 2.75) is 12.8 Å². The first-order valence-corrected chi connectivity index (χ1v) is 7.52. The fourth-order valence-corrected chi connectivity index (χ4v) is 2.86. The molecule has 3 rings (SSSR count). The predicted octanol–water partition coefficient (Wildman–Crippen LogP) is 0.975. The van der Waals surface area contributed by atoms with Crippen LogP contribution in [0.15, 0.2) is 24.3 Å². The maximum Gasteiger partial charge on any atom is 0.319 e. The third-order valence-electron chi connectivity index (χ3n) is 4.49. The first kappa shape index (κ1) is 15.5. The SMILES string of the molecule is O=C(c1cccc(F)c1)N1CCN(C(=O)C2(C(=O)O)CC2)CC1. The van der Waals surface area contributed by atoms with Gasteiger partial charge in [0.1, 0.15) is 11.2 Å². The van der Waals surface area contributed by atoms with Crippen LogP contribution >= 0.6 is 0 Å². The number of carboxylic acids is 1. The molecule has 1 saturated carbocycles. The van der Waals surface area contributed by atoms with Crippen LogP contribution in [-0.4, -0.2) is 58.9 Å². The second kappa shape index (κ2) is 5.64. The van der Waals surface area contributed by atoms with Crippen LogP contribution in [0.25, 0.3) is 0 Å². The number of amides is 2. The summed E-state index contributed by atoms with van der Waals surface area (Å²) in [6.07, 6.45) is 0.757. The van der Waals surface area contributed by atoms with Crippen LogP contribution in [-0.2, 0) is 9.59 Å². The Morgan fingerprint density at radius 2 is 1.65 bits per heavy atom. The van der Waals surface area contributed by atoms with Crippen LogP contribution in [0.4, 0.5) is 4.39 Å². The molecule has 122 valence electrons. The van der Waals surface area contributed by atoms with Gasteiger partial charge in [0.05, 0.1) is 0 Å². The summed E-state index contributed by atoms with van der Waals surface area (Å²) >= 11 is 0. The van der Waals surface area contributed by atoms with Crippen molar-refractivity contribution in [1.29, 1.82) is 0 Å². The van der Waals surface area contributed by atoms with E-state index in [2.05, 4.69) is 0 Å². The van der Waals surface area contributed by atoms with Crippen LogP contribution in [0.5, 0.6) is 0 Å². The largest absolute Gasteiger partial charge is 0.480 e. The van der Waals surface area contributed by atoms with Crippen molar-refractivity contribution in [3.05, 3.63) is 35.6 Å². The lowest BCUT2D eigenvalue weighted by Gasteiger charge is -2.36. The molecule has 1 aromatic carbocycles. The van der Waals surface area contributed by atoms with Gasteiger partial charge in [0.2, 0.25) is 5.91 Å². The number of rotatable bonds is 3. The van der Waals surface area contributed by atoms with Gasteiger partial charge in [-0.3, -0.25) is 14.4 Å². The van der Waals surface area contributed by atoms with Crippen LogP contribution in [0.2, 0.25) is 0 Å². The van der Waals surface area contributed by atoms with Crippen molar-refractivity contribution in [1.82, 2.24) is 9.80 Å². The van der Waals surface area contributed by atoms with Gasteiger partial charge in [-0.1, -0.05) is 6.07 Å². The summed E-state index contributed by atoms with van der Waals surface area (Å²) in [6, 6.07) is 5.48. The molecule has 1 aliphatic heterocycles. The molecule has 1 saturated heterocycles. The van der Waals surface area contributed by atoms with E-state index in [4.69, 9.17) is 0 Å². The molecule has 2 amide bonds. The second-order valence-corrected chi connectivity index (χ2v) is 5.98. The van der Waals surface area contributed by atoms with E-state index in [1.807, 2.05) is 0 Å². The van der Waals surface area contributed by atoms with E-state index in [1.54, 1.807) is 11.0 Å². The highest BCUT2D eigenvalue weighted by Gasteiger charge is 2.58. The van der Waals surface area contributed by atoms with Crippen molar-refractivity contribution < 1.29 is 23.9 Å².